The zero-order valence-corrected chi connectivity index (χ0v) is 13.7. The number of benzene rings is 2. The molecule has 0 aromatic heterocycles. The Morgan fingerprint density at radius 2 is 1.13 bits per heavy atom. The van der Waals surface area contributed by atoms with Gasteiger partial charge in [0.2, 0.25) is 0 Å². The van der Waals surface area contributed by atoms with E-state index in [1.54, 1.807) is 0 Å². The van der Waals surface area contributed by atoms with Gasteiger partial charge in [0, 0.05) is 11.6 Å². The van der Waals surface area contributed by atoms with Crippen LogP contribution in [0, 0.1) is 7.14 Å². The first-order valence-electron chi connectivity index (χ1n) is 4.30. The van der Waals surface area contributed by atoms with Crippen molar-refractivity contribution in [1.29, 1.82) is 0 Å². The SMILES string of the molecule is Brc1ccc(I)cc1.Ic1ccccc1. The van der Waals surface area contributed by atoms with Crippen molar-refractivity contribution in [3.63, 3.8) is 0 Å². The quantitative estimate of drug-likeness (QED) is 0.441. The van der Waals surface area contributed by atoms with E-state index in [1.165, 1.54) is 7.14 Å². The van der Waals surface area contributed by atoms with Crippen LogP contribution in [0.4, 0.5) is 0 Å². The molecule has 2 aromatic rings. The van der Waals surface area contributed by atoms with E-state index in [4.69, 9.17) is 0 Å². The Bertz CT molecular complexity index is 363. The first-order chi connectivity index (χ1) is 7.18. The molecule has 0 aliphatic carbocycles. The molecule has 0 saturated carbocycles. The molecule has 0 atom stereocenters. The van der Waals surface area contributed by atoms with Gasteiger partial charge in [0.05, 0.1) is 0 Å². The van der Waals surface area contributed by atoms with Crippen molar-refractivity contribution in [2.75, 3.05) is 0 Å². The van der Waals surface area contributed by atoms with Crippen molar-refractivity contribution >= 4 is 61.1 Å². The molecule has 0 aliphatic rings. The highest BCUT2D eigenvalue weighted by atomic mass is 127. The number of rotatable bonds is 0. The fourth-order valence-electron chi connectivity index (χ4n) is 0.844. The summed E-state index contributed by atoms with van der Waals surface area (Å²) in [5, 5.41) is 0. The Morgan fingerprint density at radius 3 is 1.47 bits per heavy atom. The molecule has 0 heterocycles. The third-order valence-corrected chi connectivity index (χ3v) is 3.50. The van der Waals surface area contributed by atoms with Gasteiger partial charge in [0.15, 0.2) is 0 Å². The average Bonchev–Trinajstić information content (AvgIpc) is 2.25. The summed E-state index contributed by atoms with van der Waals surface area (Å²) in [4.78, 5) is 0. The lowest BCUT2D eigenvalue weighted by atomic mass is 10.4. The van der Waals surface area contributed by atoms with Crippen LogP contribution in [0.1, 0.15) is 0 Å². The summed E-state index contributed by atoms with van der Waals surface area (Å²) >= 11 is 7.90. The van der Waals surface area contributed by atoms with Crippen molar-refractivity contribution in [1.82, 2.24) is 0 Å². The van der Waals surface area contributed by atoms with Gasteiger partial charge in [-0.3, -0.25) is 0 Å². The molecule has 0 amide bonds. The predicted octanol–water partition coefficient (Wildman–Crippen LogP) is 5.34. The van der Waals surface area contributed by atoms with Gasteiger partial charge in [-0.1, -0.05) is 34.1 Å². The minimum absolute atomic E-state index is 1.14. The van der Waals surface area contributed by atoms with E-state index in [-0.39, 0.29) is 0 Å². The van der Waals surface area contributed by atoms with Gasteiger partial charge in [-0.2, -0.15) is 0 Å². The van der Waals surface area contributed by atoms with E-state index in [9.17, 15) is 0 Å². The summed E-state index contributed by atoms with van der Waals surface area (Å²) in [6.07, 6.45) is 0. The number of hydrogen-bond acceptors (Lipinski definition) is 0. The minimum Gasteiger partial charge on any atom is -0.0622 e. The van der Waals surface area contributed by atoms with E-state index in [1.807, 2.05) is 30.3 Å². The zero-order valence-electron chi connectivity index (χ0n) is 7.83. The number of hydrogen-bond donors (Lipinski definition) is 0. The van der Waals surface area contributed by atoms with Crippen LogP contribution in [0.2, 0.25) is 0 Å². The molecule has 0 radical (unpaired) electrons. The van der Waals surface area contributed by atoms with E-state index in [0.717, 1.165) is 4.47 Å². The Hall–Kier alpha value is 0.380. The largest absolute Gasteiger partial charge is 0.0622 e. The molecule has 0 unspecified atom stereocenters. The molecule has 0 saturated heterocycles. The molecule has 15 heavy (non-hydrogen) atoms. The molecule has 78 valence electrons. The lowest BCUT2D eigenvalue weighted by molar-refractivity contribution is 1.60. The highest BCUT2D eigenvalue weighted by Crippen LogP contribution is 2.11. The minimum atomic E-state index is 1.14. The van der Waals surface area contributed by atoms with Crippen molar-refractivity contribution in [2.24, 2.45) is 0 Å². The van der Waals surface area contributed by atoms with Crippen LogP contribution < -0.4 is 0 Å². The molecular formula is C12H9BrI2. The third kappa shape index (κ3) is 6.52. The van der Waals surface area contributed by atoms with E-state index in [2.05, 4.69) is 85.4 Å². The van der Waals surface area contributed by atoms with Gasteiger partial charge in [0.25, 0.3) is 0 Å². The molecule has 0 N–H and O–H groups in total. The van der Waals surface area contributed by atoms with Crippen molar-refractivity contribution < 1.29 is 0 Å². The Kier molecular flexibility index (Phi) is 6.83. The molecule has 0 nitrogen and oxygen atoms in total. The van der Waals surface area contributed by atoms with Crippen molar-refractivity contribution in [3.05, 3.63) is 66.2 Å². The van der Waals surface area contributed by atoms with Gasteiger partial charge >= 0.3 is 0 Å². The van der Waals surface area contributed by atoms with Gasteiger partial charge < -0.3 is 0 Å². The summed E-state index contributed by atoms with van der Waals surface area (Å²) in [7, 11) is 0. The van der Waals surface area contributed by atoms with Crippen LogP contribution in [0.15, 0.2) is 59.1 Å². The topological polar surface area (TPSA) is 0 Å². The van der Waals surface area contributed by atoms with Crippen LogP contribution in [0.3, 0.4) is 0 Å². The normalized spacial score (nSPS) is 9.00. The van der Waals surface area contributed by atoms with Crippen LogP contribution in [0.5, 0.6) is 0 Å². The van der Waals surface area contributed by atoms with Crippen LogP contribution >= 0.6 is 61.1 Å². The highest BCUT2D eigenvalue weighted by Gasteiger charge is 1.82. The Morgan fingerprint density at radius 1 is 0.667 bits per heavy atom. The first kappa shape index (κ1) is 13.4. The highest BCUT2D eigenvalue weighted by molar-refractivity contribution is 14.1. The van der Waals surface area contributed by atoms with Crippen molar-refractivity contribution in [2.45, 2.75) is 0 Å². The lowest BCUT2D eigenvalue weighted by Crippen LogP contribution is -1.65. The standard InChI is InChI=1S/C6H4BrI.C6H5I/c7-5-1-3-6(8)4-2-5;7-6-4-2-1-3-5-6/h1-4H;1-5H. The second-order valence-corrected chi connectivity index (χ2v) is 6.14. The molecule has 2 aromatic carbocycles. The summed E-state index contributed by atoms with van der Waals surface area (Å²) in [5.41, 5.74) is 0. The summed E-state index contributed by atoms with van der Waals surface area (Å²) in [5.74, 6) is 0. The maximum absolute atomic E-state index is 3.34. The lowest BCUT2D eigenvalue weighted by Gasteiger charge is -1.86. The Balaban J connectivity index is 0.000000151. The summed E-state index contributed by atoms with van der Waals surface area (Å²) < 4.78 is 3.70. The second-order valence-electron chi connectivity index (χ2n) is 2.73. The molecule has 0 spiro atoms. The van der Waals surface area contributed by atoms with Crippen LogP contribution in [-0.4, -0.2) is 0 Å². The van der Waals surface area contributed by atoms with Crippen molar-refractivity contribution in [3.8, 4) is 0 Å². The summed E-state index contributed by atoms with van der Waals surface area (Å²) in [6.45, 7) is 0. The van der Waals surface area contributed by atoms with E-state index >= 15 is 0 Å². The predicted molar refractivity (Wildman–Crippen MR) is 86.0 cm³/mol. The zero-order chi connectivity index (χ0) is 11.1. The molecule has 3 heteroatoms. The molecule has 2 rings (SSSR count). The van der Waals surface area contributed by atoms with E-state index in [0.29, 0.717) is 0 Å². The molecule has 0 aliphatic heterocycles. The maximum atomic E-state index is 3.34. The van der Waals surface area contributed by atoms with Gasteiger partial charge in [-0.25, -0.2) is 0 Å². The van der Waals surface area contributed by atoms with Crippen LogP contribution in [0.25, 0.3) is 0 Å². The molecule has 0 fully saturated rings. The van der Waals surface area contributed by atoms with Gasteiger partial charge in [-0.05, 0) is 81.6 Å². The second kappa shape index (κ2) is 7.62. The maximum Gasteiger partial charge on any atom is 0.0175 e. The fraction of sp³-hybridized carbons (Fsp3) is 0. The van der Waals surface area contributed by atoms with Gasteiger partial charge in [0.1, 0.15) is 0 Å². The van der Waals surface area contributed by atoms with Gasteiger partial charge in [-0.15, -0.1) is 0 Å². The average molecular weight is 487 g/mol. The molecular weight excluding hydrogens is 478 g/mol. The smallest absolute Gasteiger partial charge is 0.0175 e. The van der Waals surface area contributed by atoms with Crippen LogP contribution in [-0.2, 0) is 0 Å². The first-order valence-corrected chi connectivity index (χ1v) is 7.25. The monoisotopic (exact) mass is 486 g/mol. The summed E-state index contributed by atoms with van der Waals surface area (Å²) in [6, 6.07) is 18.4. The molecule has 0 bridgehead atoms. The Labute approximate surface area is 126 Å². The third-order valence-electron chi connectivity index (χ3n) is 1.54. The van der Waals surface area contributed by atoms with E-state index < -0.39 is 0 Å². The number of halogens is 3. The fourth-order valence-corrected chi connectivity index (χ4v) is 1.88.